The summed E-state index contributed by atoms with van der Waals surface area (Å²) in [5.41, 5.74) is 0.828. The highest BCUT2D eigenvalue weighted by molar-refractivity contribution is 5.77. The van der Waals surface area contributed by atoms with Gasteiger partial charge in [-0.1, -0.05) is 6.92 Å². The number of nitrogens with zero attached hydrogens (tertiary/aromatic N) is 2. The van der Waals surface area contributed by atoms with Crippen molar-refractivity contribution in [2.75, 3.05) is 6.54 Å². The Hall–Kier alpha value is -1.49. The molecule has 0 saturated carbocycles. The van der Waals surface area contributed by atoms with Crippen LogP contribution in [0.5, 0.6) is 0 Å². The maximum Gasteiger partial charge on any atom is 0.234 e. The van der Waals surface area contributed by atoms with Crippen LogP contribution in [0.25, 0.3) is 0 Å². The van der Waals surface area contributed by atoms with Gasteiger partial charge in [-0.25, -0.2) is 9.97 Å². The van der Waals surface area contributed by atoms with Crippen LogP contribution in [0.4, 0.5) is 0 Å². The molecule has 0 aromatic carbocycles. The summed E-state index contributed by atoms with van der Waals surface area (Å²) in [5, 5.41) is 5.95. The molecule has 0 aliphatic heterocycles. The standard InChI is InChI=1S/C12H20N4O/c1-4-9(2)14-8-12(17)15-7-11-5-6-13-10(3)16-11/h5-6,9,14H,4,7-8H2,1-3H3,(H,15,17). The highest BCUT2D eigenvalue weighted by Gasteiger charge is 2.04. The van der Waals surface area contributed by atoms with Crippen LogP contribution in [0.3, 0.4) is 0 Å². The maximum absolute atomic E-state index is 11.5. The van der Waals surface area contributed by atoms with Crippen LogP contribution < -0.4 is 10.6 Å². The van der Waals surface area contributed by atoms with Crippen molar-refractivity contribution in [2.24, 2.45) is 0 Å². The molecule has 1 aromatic heterocycles. The van der Waals surface area contributed by atoms with E-state index in [4.69, 9.17) is 0 Å². The number of nitrogens with one attached hydrogen (secondary N) is 2. The van der Waals surface area contributed by atoms with Crippen molar-refractivity contribution >= 4 is 5.91 Å². The lowest BCUT2D eigenvalue weighted by Gasteiger charge is -2.11. The number of amides is 1. The van der Waals surface area contributed by atoms with E-state index in [0.29, 0.717) is 19.1 Å². The Morgan fingerprint density at radius 1 is 1.53 bits per heavy atom. The van der Waals surface area contributed by atoms with Crippen LogP contribution in [0.15, 0.2) is 12.3 Å². The molecule has 0 fully saturated rings. The zero-order valence-electron chi connectivity index (χ0n) is 10.7. The van der Waals surface area contributed by atoms with Gasteiger partial charge in [0, 0.05) is 12.2 Å². The van der Waals surface area contributed by atoms with Crippen molar-refractivity contribution in [3.05, 3.63) is 23.8 Å². The van der Waals surface area contributed by atoms with Gasteiger partial charge in [0.25, 0.3) is 0 Å². The van der Waals surface area contributed by atoms with Gasteiger partial charge in [-0.05, 0) is 26.3 Å². The van der Waals surface area contributed by atoms with Crippen molar-refractivity contribution < 1.29 is 4.79 Å². The Kier molecular flexibility index (Phi) is 5.56. The lowest BCUT2D eigenvalue weighted by molar-refractivity contribution is -0.120. The summed E-state index contributed by atoms with van der Waals surface area (Å²) in [4.78, 5) is 19.7. The zero-order chi connectivity index (χ0) is 12.7. The minimum atomic E-state index is -0.0124. The Bertz CT molecular complexity index is 367. The first-order chi connectivity index (χ1) is 8.11. The van der Waals surface area contributed by atoms with E-state index in [1.807, 2.05) is 6.92 Å². The Morgan fingerprint density at radius 3 is 2.94 bits per heavy atom. The van der Waals surface area contributed by atoms with E-state index in [2.05, 4.69) is 34.4 Å². The van der Waals surface area contributed by atoms with Gasteiger partial charge in [0.1, 0.15) is 5.82 Å². The summed E-state index contributed by atoms with van der Waals surface area (Å²) in [6.07, 6.45) is 2.71. The second kappa shape index (κ2) is 6.96. The van der Waals surface area contributed by atoms with Crippen LogP contribution in [0, 0.1) is 6.92 Å². The molecule has 0 saturated heterocycles. The number of rotatable bonds is 6. The third-order valence-electron chi connectivity index (χ3n) is 2.52. The first-order valence-corrected chi connectivity index (χ1v) is 5.90. The molecule has 0 bridgehead atoms. The number of hydrogen-bond acceptors (Lipinski definition) is 4. The van der Waals surface area contributed by atoms with Gasteiger partial charge in [0.15, 0.2) is 0 Å². The van der Waals surface area contributed by atoms with E-state index in [1.165, 1.54) is 0 Å². The topological polar surface area (TPSA) is 66.9 Å². The zero-order valence-corrected chi connectivity index (χ0v) is 10.7. The molecule has 0 aliphatic carbocycles. The van der Waals surface area contributed by atoms with Gasteiger partial charge in [0.2, 0.25) is 5.91 Å². The van der Waals surface area contributed by atoms with E-state index in [1.54, 1.807) is 12.3 Å². The number of aromatic nitrogens is 2. The third kappa shape index (κ3) is 5.40. The fraction of sp³-hybridized carbons (Fsp3) is 0.583. The van der Waals surface area contributed by atoms with Gasteiger partial charge in [-0.15, -0.1) is 0 Å². The summed E-state index contributed by atoms with van der Waals surface area (Å²) in [6.45, 7) is 6.76. The second-order valence-electron chi connectivity index (χ2n) is 4.06. The first-order valence-electron chi connectivity index (χ1n) is 5.90. The minimum Gasteiger partial charge on any atom is -0.349 e. The van der Waals surface area contributed by atoms with Gasteiger partial charge in [-0.2, -0.15) is 0 Å². The van der Waals surface area contributed by atoms with Crippen molar-refractivity contribution in [3.8, 4) is 0 Å². The molecule has 1 heterocycles. The predicted molar refractivity (Wildman–Crippen MR) is 66.4 cm³/mol. The summed E-state index contributed by atoms with van der Waals surface area (Å²) >= 11 is 0. The predicted octanol–water partition coefficient (Wildman–Crippen LogP) is 0.789. The van der Waals surface area contributed by atoms with Crippen molar-refractivity contribution in [1.82, 2.24) is 20.6 Å². The third-order valence-corrected chi connectivity index (χ3v) is 2.52. The maximum atomic E-state index is 11.5. The molecular weight excluding hydrogens is 216 g/mol. The van der Waals surface area contributed by atoms with Crippen molar-refractivity contribution in [1.29, 1.82) is 0 Å². The summed E-state index contributed by atoms with van der Waals surface area (Å²) in [7, 11) is 0. The molecule has 1 aromatic rings. The van der Waals surface area contributed by atoms with Gasteiger partial charge >= 0.3 is 0 Å². The average molecular weight is 236 g/mol. The first kappa shape index (κ1) is 13.6. The van der Waals surface area contributed by atoms with E-state index >= 15 is 0 Å². The summed E-state index contributed by atoms with van der Waals surface area (Å²) in [6, 6.07) is 2.16. The van der Waals surface area contributed by atoms with Crippen molar-refractivity contribution in [2.45, 2.75) is 39.8 Å². The lowest BCUT2D eigenvalue weighted by Crippen LogP contribution is -2.37. The van der Waals surface area contributed by atoms with Crippen molar-refractivity contribution in [3.63, 3.8) is 0 Å². The molecule has 17 heavy (non-hydrogen) atoms. The molecule has 0 spiro atoms. The average Bonchev–Trinajstić information content (AvgIpc) is 2.33. The van der Waals surface area contributed by atoms with Gasteiger partial charge in [0.05, 0.1) is 18.8 Å². The monoisotopic (exact) mass is 236 g/mol. The summed E-state index contributed by atoms with van der Waals surface area (Å²) in [5.74, 6) is 0.705. The number of hydrogen-bond donors (Lipinski definition) is 2. The molecule has 1 amide bonds. The molecule has 0 radical (unpaired) electrons. The number of carbonyl (C=O) groups excluding carboxylic acids is 1. The molecular formula is C12H20N4O. The fourth-order valence-electron chi connectivity index (χ4n) is 1.27. The van der Waals surface area contributed by atoms with Crippen LogP contribution in [-0.2, 0) is 11.3 Å². The molecule has 5 heteroatoms. The van der Waals surface area contributed by atoms with Crippen LogP contribution in [0.1, 0.15) is 31.8 Å². The van der Waals surface area contributed by atoms with E-state index in [-0.39, 0.29) is 5.91 Å². The SMILES string of the molecule is CCC(C)NCC(=O)NCc1ccnc(C)n1. The Labute approximate surface area is 102 Å². The largest absolute Gasteiger partial charge is 0.349 e. The molecule has 1 unspecified atom stereocenters. The van der Waals surface area contributed by atoms with Gasteiger partial charge < -0.3 is 10.6 Å². The van der Waals surface area contributed by atoms with Crippen LogP contribution in [0.2, 0.25) is 0 Å². The Morgan fingerprint density at radius 2 is 2.29 bits per heavy atom. The molecule has 0 aliphatic rings. The molecule has 1 atom stereocenters. The number of aryl methyl sites for hydroxylation is 1. The highest BCUT2D eigenvalue weighted by Crippen LogP contribution is 1.93. The van der Waals surface area contributed by atoms with E-state index in [9.17, 15) is 4.79 Å². The fourth-order valence-corrected chi connectivity index (χ4v) is 1.27. The molecule has 2 N–H and O–H groups in total. The molecule has 5 nitrogen and oxygen atoms in total. The number of carbonyl (C=O) groups is 1. The lowest BCUT2D eigenvalue weighted by atomic mass is 10.2. The van der Waals surface area contributed by atoms with Gasteiger partial charge in [-0.3, -0.25) is 4.79 Å². The smallest absolute Gasteiger partial charge is 0.234 e. The normalized spacial score (nSPS) is 12.2. The highest BCUT2D eigenvalue weighted by atomic mass is 16.1. The second-order valence-corrected chi connectivity index (χ2v) is 4.06. The van der Waals surface area contributed by atoms with Crippen LogP contribution in [-0.4, -0.2) is 28.5 Å². The Balaban J connectivity index is 2.28. The molecule has 94 valence electrons. The quantitative estimate of drug-likeness (QED) is 0.766. The minimum absolute atomic E-state index is 0.0124. The van der Waals surface area contributed by atoms with E-state index in [0.717, 1.165) is 17.9 Å². The van der Waals surface area contributed by atoms with E-state index < -0.39 is 0 Å². The van der Waals surface area contributed by atoms with Crippen LogP contribution >= 0.6 is 0 Å². The molecule has 1 rings (SSSR count). The summed E-state index contributed by atoms with van der Waals surface area (Å²) < 4.78 is 0.